The van der Waals surface area contributed by atoms with Crippen molar-refractivity contribution in [1.82, 2.24) is 5.32 Å². The molecule has 0 spiro atoms. The molecule has 0 aliphatic rings. The summed E-state index contributed by atoms with van der Waals surface area (Å²) in [6.07, 6.45) is -0.426. The standard InChI is InChI=1S/C17H21NO3/c1-17(2,3)21-16(19)18-10-11-20-15-9-8-13-6-4-5-7-14(13)12-15/h4-9,12H,10-11H2,1-3H3,(H,18,19). The van der Waals surface area contributed by atoms with E-state index in [-0.39, 0.29) is 0 Å². The first-order valence-electron chi connectivity index (χ1n) is 7.02. The van der Waals surface area contributed by atoms with Gasteiger partial charge in [-0.1, -0.05) is 30.3 Å². The lowest BCUT2D eigenvalue weighted by Gasteiger charge is -2.19. The van der Waals surface area contributed by atoms with Gasteiger partial charge in [0.25, 0.3) is 0 Å². The number of benzene rings is 2. The van der Waals surface area contributed by atoms with E-state index >= 15 is 0 Å². The second-order valence-electron chi connectivity index (χ2n) is 5.79. The number of carbonyl (C=O) groups excluding carboxylic acids is 1. The molecule has 0 radical (unpaired) electrons. The van der Waals surface area contributed by atoms with Crippen LogP contribution in [0.4, 0.5) is 4.79 Å². The maximum atomic E-state index is 11.5. The molecular formula is C17H21NO3. The number of carbonyl (C=O) groups is 1. The van der Waals surface area contributed by atoms with E-state index in [2.05, 4.69) is 11.4 Å². The van der Waals surface area contributed by atoms with Crippen LogP contribution in [-0.2, 0) is 4.74 Å². The number of alkyl carbamates (subject to hydrolysis) is 1. The second-order valence-corrected chi connectivity index (χ2v) is 5.79. The lowest BCUT2D eigenvalue weighted by atomic mass is 10.1. The third-order valence-electron chi connectivity index (χ3n) is 2.76. The van der Waals surface area contributed by atoms with Crippen molar-refractivity contribution in [3.63, 3.8) is 0 Å². The Kier molecular flexibility index (Phi) is 4.68. The molecule has 2 aromatic carbocycles. The van der Waals surface area contributed by atoms with Crippen molar-refractivity contribution < 1.29 is 14.3 Å². The maximum absolute atomic E-state index is 11.5. The SMILES string of the molecule is CC(C)(C)OC(=O)NCCOc1ccc2ccccc2c1. The Bertz CT molecular complexity index is 617. The highest BCUT2D eigenvalue weighted by Crippen LogP contribution is 2.20. The predicted octanol–water partition coefficient (Wildman–Crippen LogP) is 3.74. The Balaban J connectivity index is 1.79. The van der Waals surface area contributed by atoms with Crippen LogP contribution in [0.2, 0.25) is 0 Å². The van der Waals surface area contributed by atoms with Crippen molar-refractivity contribution in [3.05, 3.63) is 42.5 Å². The molecule has 4 heteroatoms. The molecule has 1 N–H and O–H groups in total. The lowest BCUT2D eigenvalue weighted by molar-refractivity contribution is 0.0520. The molecule has 0 aliphatic carbocycles. The summed E-state index contributed by atoms with van der Waals surface area (Å²) in [5, 5.41) is 4.97. The van der Waals surface area contributed by atoms with Crippen molar-refractivity contribution in [2.75, 3.05) is 13.2 Å². The molecule has 4 nitrogen and oxygen atoms in total. The average Bonchev–Trinajstić information content (AvgIpc) is 2.41. The van der Waals surface area contributed by atoms with Crippen LogP contribution < -0.4 is 10.1 Å². The van der Waals surface area contributed by atoms with Crippen LogP contribution in [-0.4, -0.2) is 24.8 Å². The highest BCUT2D eigenvalue weighted by molar-refractivity contribution is 5.83. The van der Waals surface area contributed by atoms with Gasteiger partial charge in [-0.05, 0) is 43.7 Å². The van der Waals surface area contributed by atoms with Gasteiger partial charge in [-0.2, -0.15) is 0 Å². The summed E-state index contributed by atoms with van der Waals surface area (Å²) in [6.45, 7) is 6.30. The molecule has 21 heavy (non-hydrogen) atoms. The average molecular weight is 287 g/mol. The van der Waals surface area contributed by atoms with Gasteiger partial charge >= 0.3 is 6.09 Å². The van der Waals surface area contributed by atoms with Crippen LogP contribution >= 0.6 is 0 Å². The molecule has 2 rings (SSSR count). The van der Waals surface area contributed by atoms with E-state index in [1.165, 1.54) is 5.39 Å². The van der Waals surface area contributed by atoms with Crippen molar-refractivity contribution in [2.45, 2.75) is 26.4 Å². The van der Waals surface area contributed by atoms with Crippen molar-refractivity contribution in [2.24, 2.45) is 0 Å². The van der Waals surface area contributed by atoms with Crippen molar-refractivity contribution >= 4 is 16.9 Å². The normalized spacial score (nSPS) is 11.2. The summed E-state index contributed by atoms with van der Waals surface area (Å²) in [4.78, 5) is 11.5. The Morgan fingerprint density at radius 2 is 1.81 bits per heavy atom. The van der Waals surface area contributed by atoms with Gasteiger partial charge < -0.3 is 14.8 Å². The van der Waals surface area contributed by atoms with E-state index in [1.54, 1.807) is 0 Å². The molecule has 0 saturated heterocycles. The highest BCUT2D eigenvalue weighted by atomic mass is 16.6. The van der Waals surface area contributed by atoms with Crippen molar-refractivity contribution in [1.29, 1.82) is 0 Å². The molecule has 2 aromatic rings. The quantitative estimate of drug-likeness (QED) is 0.871. The van der Waals surface area contributed by atoms with Crippen LogP contribution in [0.15, 0.2) is 42.5 Å². The first-order chi connectivity index (χ1) is 9.94. The third kappa shape index (κ3) is 4.99. The van der Waals surface area contributed by atoms with Crippen molar-refractivity contribution in [3.8, 4) is 5.75 Å². The highest BCUT2D eigenvalue weighted by Gasteiger charge is 2.15. The van der Waals surface area contributed by atoms with Gasteiger partial charge in [-0.15, -0.1) is 0 Å². The molecule has 1 amide bonds. The van der Waals surface area contributed by atoms with Gasteiger partial charge in [0.1, 0.15) is 18.0 Å². The van der Waals surface area contributed by atoms with Gasteiger partial charge in [0.15, 0.2) is 0 Å². The van der Waals surface area contributed by atoms with E-state index < -0.39 is 11.7 Å². The van der Waals surface area contributed by atoms with E-state index in [0.717, 1.165) is 11.1 Å². The predicted molar refractivity (Wildman–Crippen MR) is 83.7 cm³/mol. The number of amides is 1. The summed E-state index contributed by atoms with van der Waals surface area (Å²) >= 11 is 0. The fourth-order valence-corrected chi connectivity index (χ4v) is 1.89. The Morgan fingerprint density at radius 1 is 1.10 bits per heavy atom. The van der Waals surface area contributed by atoms with Gasteiger partial charge in [0, 0.05) is 0 Å². The zero-order valence-electron chi connectivity index (χ0n) is 12.7. The third-order valence-corrected chi connectivity index (χ3v) is 2.76. The van der Waals surface area contributed by atoms with E-state index in [9.17, 15) is 4.79 Å². The summed E-state index contributed by atoms with van der Waals surface area (Å²) < 4.78 is 10.8. The minimum Gasteiger partial charge on any atom is -0.492 e. The van der Waals surface area contributed by atoms with Gasteiger partial charge in [-0.25, -0.2) is 4.79 Å². The lowest BCUT2D eigenvalue weighted by Crippen LogP contribution is -2.34. The van der Waals surface area contributed by atoms with Crippen LogP contribution in [0.5, 0.6) is 5.75 Å². The summed E-state index contributed by atoms with van der Waals surface area (Å²) in [7, 11) is 0. The minimum atomic E-state index is -0.483. The Hall–Kier alpha value is -2.23. The van der Waals surface area contributed by atoms with Gasteiger partial charge in [0.05, 0.1) is 6.54 Å². The van der Waals surface area contributed by atoms with Crippen LogP contribution in [0.25, 0.3) is 10.8 Å². The molecule has 0 heterocycles. The second kappa shape index (κ2) is 6.48. The number of fused-ring (bicyclic) bond motifs is 1. The maximum Gasteiger partial charge on any atom is 0.407 e. The molecule has 0 fully saturated rings. The number of nitrogens with one attached hydrogen (secondary N) is 1. The molecule has 0 saturated carbocycles. The molecule has 0 aliphatic heterocycles. The zero-order chi connectivity index (χ0) is 15.3. The van der Waals surface area contributed by atoms with Crippen LogP contribution in [0.3, 0.4) is 0 Å². The molecule has 0 unspecified atom stereocenters. The zero-order valence-corrected chi connectivity index (χ0v) is 12.7. The summed E-state index contributed by atoms with van der Waals surface area (Å²) in [5.74, 6) is 0.791. The van der Waals surface area contributed by atoms with Crippen LogP contribution in [0, 0.1) is 0 Å². The molecule has 0 atom stereocenters. The van der Waals surface area contributed by atoms with Gasteiger partial charge in [0.2, 0.25) is 0 Å². The smallest absolute Gasteiger partial charge is 0.407 e. The summed E-state index contributed by atoms with van der Waals surface area (Å²) in [5.41, 5.74) is -0.483. The minimum absolute atomic E-state index is 0.400. The topological polar surface area (TPSA) is 47.6 Å². The van der Waals surface area contributed by atoms with E-state index in [1.807, 2.05) is 57.2 Å². The number of hydrogen-bond donors (Lipinski definition) is 1. The number of ether oxygens (including phenoxy) is 2. The van der Waals surface area contributed by atoms with Crippen LogP contribution in [0.1, 0.15) is 20.8 Å². The molecule has 0 aromatic heterocycles. The fourth-order valence-electron chi connectivity index (χ4n) is 1.89. The van der Waals surface area contributed by atoms with E-state index in [0.29, 0.717) is 13.2 Å². The first kappa shape index (κ1) is 15.2. The largest absolute Gasteiger partial charge is 0.492 e. The Labute approximate surface area is 125 Å². The summed E-state index contributed by atoms with van der Waals surface area (Å²) in [6, 6.07) is 14.0. The number of rotatable bonds is 4. The Morgan fingerprint density at radius 3 is 2.52 bits per heavy atom. The molecule has 0 bridgehead atoms. The molecule has 112 valence electrons. The van der Waals surface area contributed by atoms with Gasteiger partial charge in [-0.3, -0.25) is 0 Å². The first-order valence-corrected chi connectivity index (χ1v) is 7.02. The number of hydrogen-bond acceptors (Lipinski definition) is 3. The fraction of sp³-hybridized carbons (Fsp3) is 0.353. The monoisotopic (exact) mass is 287 g/mol. The van der Waals surface area contributed by atoms with E-state index in [4.69, 9.17) is 9.47 Å². The molecular weight excluding hydrogens is 266 g/mol.